The highest BCUT2D eigenvalue weighted by atomic mass is 16.5. The van der Waals surface area contributed by atoms with Gasteiger partial charge in [-0.15, -0.1) is 0 Å². The summed E-state index contributed by atoms with van der Waals surface area (Å²) in [5, 5.41) is 3.56. The van der Waals surface area contributed by atoms with Crippen molar-refractivity contribution < 1.29 is 4.74 Å². The Morgan fingerprint density at radius 1 is 1.44 bits per heavy atom. The minimum Gasteiger partial charge on any atom is -0.497 e. The first kappa shape index (κ1) is 13.4. The number of methoxy groups -OCH3 is 1. The molecule has 1 aliphatic heterocycles. The summed E-state index contributed by atoms with van der Waals surface area (Å²) in [5.74, 6) is 0.936. The highest BCUT2D eigenvalue weighted by Gasteiger charge is 2.21. The van der Waals surface area contributed by atoms with Gasteiger partial charge in [0.2, 0.25) is 0 Å². The molecule has 1 saturated heterocycles. The van der Waals surface area contributed by atoms with Crippen LogP contribution in [0, 0.1) is 0 Å². The van der Waals surface area contributed by atoms with E-state index in [1.165, 1.54) is 31.5 Å². The highest BCUT2D eigenvalue weighted by Crippen LogP contribution is 2.16. The van der Waals surface area contributed by atoms with Crippen LogP contribution in [0.5, 0.6) is 5.75 Å². The van der Waals surface area contributed by atoms with Gasteiger partial charge >= 0.3 is 0 Å². The van der Waals surface area contributed by atoms with Crippen molar-refractivity contribution in [2.75, 3.05) is 26.7 Å². The number of benzene rings is 1. The van der Waals surface area contributed by atoms with E-state index in [4.69, 9.17) is 4.74 Å². The first-order chi connectivity index (χ1) is 8.83. The second kappa shape index (κ2) is 6.76. The molecular formula is C15H24N2O. The maximum Gasteiger partial charge on any atom is 0.119 e. The van der Waals surface area contributed by atoms with Crippen molar-refractivity contribution in [1.29, 1.82) is 0 Å². The second-order valence-electron chi connectivity index (χ2n) is 4.91. The van der Waals surface area contributed by atoms with Crippen molar-refractivity contribution in [2.24, 2.45) is 0 Å². The van der Waals surface area contributed by atoms with Gasteiger partial charge in [-0.1, -0.05) is 19.1 Å². The number of hydrogen-bond acceptors (Lipinski definition) is 3. The van der Waals surface area contributed by atoms with Gasteiger partial charge in [0.1, 0.15) is 5.75 Å². The molecule has 18 heavy (non-hydrogen) atoms. The number of ether oxygens (including phenoxy) is 1. The standard InChI is InChI=1S/C15H24N2O/c1-3-17-9-5-7-14(17)12-16-11-13-6-4-8-15(10-13)18-2/h4,6,8,10,14,16H,3,5,7,9,11-12H2,1-2H3. The van der Waals surface area contributed by atoms with Gasteiger partial charge in [0.25, 0.3) is 0 Å². The molecule has 3 nitrogen and oxygen atoms in total. The van der Waals surface area contributed by atoms with E-state index in [1.54, 1.807) is 7.11 Å². The predicted molar refractivity (Wildman–Crippen MR) is 75.0 cm³/mol. The van der Waals surface area contributed by atoms with Gasteiger partial charge in [-0.2, -0.15) is 0 Å². The Balaban J connectivity index is 1.77. The summed E-state index contributed by atoms with van der Waals surface area (Å²) in [5.41, 5.74) is 1.29. The summed E-state index contributed by atoms with van der Waals surface area (Å²) in [6.07, 6.45) is 2.68. The van der Waals surface area contributed by atoms with Gasteiger partial charge < -0.3 is 10.1 Å². The van der Waals surface area contributed by atoms with Gasteiger partial charge in [-0.3, -0.25) is 4.90 Å². The minimum absolute atomic E-state index is 0.723. The van der Waals surface area contributed by atoms with E-state index in [1.807, 2.05) is 12.1 Å². The van der Waals surface area contributed by atoms with Crippen molar-refractivity contribution in [3.8, 4) is 5.75 Å². The summed E-state index contributed by atoms with van der Waals surface area (Å²) in [6.45, 7) is 6.70. The third kappa shape index (κ3) is 3.47. The molecule has 0 bridgehead atoms. The number of nitrogens with one attached hydrogen (secondary N) is 1. The number of likely N-dealkylation sites (tertiary alicyclic amines) is 1. The molecule has 1 aromatic carbocycles. The van der Waals surface area contributed by atoms with Gasteiger partial charge in [0.05, 0.1) is 7.11 Å². The van der Waals surface area contributed by atoms with E-state index in [9.17, 15) is 0 Å². The third-order valence-corrected chi connectivity index (χ3v) is 3.75. The van der Waals surface area contributed by atoms with E-state index >= 15 is 0 Å². The fourth-order valence-electron chi connectivity index (χ4n) is 2.71. The SMILES string of the molecule is CCN1CCCC1CNCc1cccc(OC)c1. The van der Waals surface area contributed by atoms with Crippen LogP contribution in [0.3, 0.4) is 0 Å². The Labute approximate surface area is 110 Å². The van der Waals surface area contributed by atoms with E-state index in [-0.39, 0.29) is 0 Å². The largest absolute Gasteiger partial charge is 0.497 e. The number of nitrogens with zero attached hydrogens (tertiary/aromatic N) is 1. The Morgan fingerprint density at radius 3 is 3.11 bits per heavy atom. The van der Waals surface area contributed by atoms with Crippen molar-refractivity contribution in [2.45, 2.75) is 32.4 Å². The van der Waals surface area contributed by atoms with Gasteiger partial charge in [-0.05, 0) is 43.6 Å². The number of hydrogen-bond donors (Lipinski definition) is 1. The van der Waals surface area contributed by atoms with Crippen LogP contribution in [0.1, 0.15) is 25.3 Å². The van der Waals surface area contributed by atoms with Crippen LogP contribution in [0.25, 0.3) is 0 Å². The molecule has 3 heteroatoms. The van der Waals surface area contributed by atoms with Crippen molar-refractivity contribution in [3.63, 3.8) is 0 Å². The minimum atomic E-state index is 0.723. The molecule has 1 aliphatic rings. The molecule has 2 rings (SSSR count). The number of likely N-dealkylation sites (N-methyl/N-ethyl adjacent to an activating group) is 1. The molecule has 1 N–H and O–H groups in total. The fourth-order valence-corrected chi connectivity index (χ4v) is 2.71. The van der Waals surface area contributed by atoms with E-state index < -0.39 is 0 Å². The van der Waals surface area contributed by atoms with Gasteiger partial charge in [0.15, 0.2) is 0 Å². The lowest BCUT2D eigenvalue weighted by atomic mass is 10.2. The van der Waals surface area contributed by atoms with Crippen molar-refractivity contribution in [3.05, 3.63) is 29.8 Å². The van der Waals surface area contributed by atoms with Gasteiger partial charge in [0, 0.05) is 19.1 Å². The first-order valence-corrected chi connectivity index (χ1v) is 6.91. The molecule has 0 saturated carbocycles. The van der Waals surface area contributed by atoms with Crippen molar-refractivity contribution >= 4 is 0 Å². The topological polar surface area (TPSA) is 24.5 Å². The molecule has 1 fully saturated rings. The molecule has 1 unspecified atom stereocenters. The second-order valence-corrected chi connectivity index (χ2v) is 4.91. The Hall–Kier alpha value is -1.06. The van der Waals surface area contributed by atoms with E-state index in [0.717, 1.165) is 24.9 Å². The van der Waals surface area contributed by atoms with Crippen LogP contribution in [-0.2, 0) is 6.54 Å². The lowest BCUT2D eigenvalue weighted by Crippen LogP contribution is -2.37. The van der Waals surface area contributed by atoms with Gasteiger partial charge in [-0.25, -0.2) is 0 Å². The third-order valence-electron chi connectivity index (χ3n) is 3.75. The van der Waals surface area contributed by atoms with Crippen LogP contribution in [0.2, 0.25) is 0 Å². The van der Waals surface area contributed by atoms with Crippen LogP contribution in [0.15, 0.2) is 24.3 Å². The summed E-state index contributed by atoms with van der Waals surface area (Å²) in [4.78, 5) is 2.57. The zero-order valence-corrected chi connectivity index (χ0v) is 11.5. The molecular weight excluding hydrogens is 224 g/mol. The number of rotatable bonds is 6. The average molecular weight is 248 g/mol. The van der Waals surface area contributed by atoms with Crippen LogP contribution >= 0.6 is 0 Å². The zero-order valence-electron chi connectivity index (χ0n) is 11.5. The maximum absolute atomic E-state index is 5.23. The Kier molecular flexibility index (Phi) is 5.02. The average Bonchev–Trinajstić information content (AvgIpc) is 2.86. The van der Waals surface area contributed by atoms with Crippen molar-refractivity contribution in [1.82, 2.24) is 10.2 Å². The first-order valence-electron chi connectivity index (χ1n) is 6.91. The summed E-state index contributed by atoms with van der Waals surface area (Å²) >= 11 is 0. The lowest BCUT2D eigenvalue weighted by molar-refractivity contribution is 0.260. The molecule has 100 valence electrons. The molecule has 0 amide bonds. The smallest absolute Gasteiger partial charge is 0.119 e. The zero-order chi connectivity index (χ0) is 12.8. The van der Waals surface area contributed by atoms with Crippen LogP contribution < -0.4 is 10.1 Å². The predicted octanol–water partition coefficient (Wildman–Crippen LogP) is 2.27. The Morgan fingerprint density at radius 2 is 2.33 bits per heavy atom. The molecule has 0 radical (unpaired) electrons. The normalized spacial score (nSPS) is 20.2. The maximum atomic E-state index is 5.23. The molecule has 0 aromatic heterocycles. The van der Waals surface area contributed by atoms with E-state index in [2.05, 4.69) is 29.3 Å². The molecule has 0 spiro atoms. The van der Waals surface area contributed by atoms with Crippen LogP contribution in [0.4, 0.5) is 0 Å². The summed E-state index contributed by atoms with van der Waals surface area (Å²) in [6, 6.07) is 8.99. The lowest BCUT2D eigenvalue weighted by Gasteiger charge is -2.23. The van der Waals surface area contributed by atoms with Crippen LogP contribution in [-0.4, -0.2) is 37.7 Å². The fraction of sp³-hybridized carbons (Fsp3) is 0.600. The summed E-state index contributed by atoms with van der Waals surface area (Å²) in [7, 11) is 1.71. The molecule has 1 aromatic rings. The molecule has 1 heterocycles. The van der Waals surface area contributed by atoms with E-state index in [0.29, 0.717) is 0 Å². The quantitative estimate of drug-likeness (QED) is 0.836. The summed E-state index contributed by atoms with van der Waals surface area (Å²) < 4.78 is 5.23. The molecule has 1 atom stereocenters. The Bertz CT molecular complexity index is 367. The highest BCUT2D eigenvalue weighted by molar-refractivity contribution is 5.28. The molecule has 0 aliphatic carbocycles. The monoisotopic (exact) mass is 248 g/mol.